The molecule has 1 fully saturated rings. The van der Waals surface area contributed by atoms with Crippen molar-refractivity contribution in [2.24, 2.45) is 4.99 Å². The smallest absolute Gasteiger partial charge is 0.253 e. The Hall–Kier alpha value is -2.08. The van der Waals surface area contributed by atoms with Crippen LogP contribution in [0.15, 0.2) is 29.3 Å². The molecule has 0 radical (unpaired) electrons. The molecule has 0 aromatic heterocycles. The van der Waals surface area contributed by atoms with Crippen LogP contribution in [0.4, 0.5) is 5.69 Å². The van der Waals surface area contributed by atoms with Gasteiger partial charge in [0.2, 0.25) is 0 Å². The van der Waals surface area contributed by atoms with Crippen LogP contribution in [0.25, 0.3) is 0 Å². The van der Waals surface area contributed by atoms with E-state index in [2.05, 4.69) is 20.5 Å². The Kier molecular flexibility index (Phi) is 4.58. The largest absolute Gasteiger partial charge is 0.368 e. The Morgan fingerprint density at radius 2 is 2.41 bits per heavy atom. The fourth-order valence-electron chi connectivity index (χ4n) is 2.67. The van der Waals surface area contributed by atoms with Gasteiger partial charge in [-0.3, -0.25) is 9.79 Å². The lowest BCUT2D eigenvalue weighted by molar-refractivity contribution is -0.124. The number of anilines is 1. The standard InChI is InChI=1S/C16H22N4O2/c1-20-8-7-17-16(20)18-11-12-4-2-5-13(10-12)19-15(21)14-6-3-9-22-14/h2,4-5,10,14H,3,6-9,11H2,1H3,(H,17,18)(H,19,21). The first-order valence-electron chi connectivity index (χ1n) is 7.73. The molecule has 6 heteroatoms. The van der Waals surface area contributed by atoms with E-state index in [1.165, 1.54) is 0 Å². The minimum absolute atomic E-state index is 0.0532. The van der Waals surface area contributed by atoms with Crippen molar-refractivity contribution < 1.29 is 9.53 Å². The number of carbonyl (C=O) groups excluding carboxylic acids is 1. The van der Waals surface area contributed by atoms with E-state index >= 15 is 0 Å². The van der Waals surface area contributed by atoms with Crippen LogP contribution in [-0.2, 0) is 16.1 Å². The summed E-state index contributed by atoms with van der Waals surface area (Å²) in [5.74, 6) is 0.872. The molecule has 0 spiro atoms. The number of likely N-dealkylation sites (N-methyl/N-ethyl adjacent to an activating group) is 1. The van der Waals surface area contributed by atoms with Gasteiger partial charge in [-0.1, -0.05) is 12.1 Å². The number of rotatable bonds is 4. The number of ether oxygens (including phenoxy) is 1. The zero-order valence-corrected chi connectivity index (χ0v) is 12.8. The predicted octanol–water partition coefficient (Wildman–Crippen LogP) is 1.20. The third-order valence-corrected chi connectivity index (χ3v) is 3.93. The molecule has 0 bridgehead atoms. The highest BCUT2D eigenvalue weighted by molar-refractivity contribution is 5.94. The molecule has 1 atom stereocenters. The topological polar surface area (TPSA) is 66.0 Å². The Labute approximate surface area is 130 Å². The summed E-state index contributed by atoms with van der Waals surface area (Å²) >= 11 is 0. The van der Waals surface area contributed by atoms with E-state index in [1.54, 1.807) is 0 Å². The normalized spacial score (nSPS) is 20.9. The van der Waals surface area contributed by atoms with Gasteiger partial charge < -0.3 is 20.3 Å². The molecule has 2 aliphatic rings. The summed E-state index contributed by atoms with van der Waals surface area (Å²) in [5.41, 5.74) is 1.91. The monoisotopic (exact) mass is 302 g/mol. The van der Waals surface area contributed by atoms with E-state index in [1.807, 2.05) is 31.3 Å². The molecule has 0 aliphatic carbocycles. The zero-order valence-electron chi connectivity index (χ0n) is 12.8. The fraction of sp³-hybridized carbons (Fsp3) is 0.500. The average Bonchev–Trinajstić information content (AvgIpc) is 3.17. The van der Waals surface area contributed by atoms with Gasteiger partial charge in [-0.2, -0.15) is 0 Å². The van der Waals surface area contributed by atoms with Crippen LogP contribution >= 0.6 is 0 Å². The maximum Gasteiger partial charge on any atom is 0.253 e. The van der Waals surface area contributed by atoms with Gasteiger partial charge in [0.05, 0.1) is 6.54 Å². The van der Waals surface area contributed by atoms with Crippen LogP contribution in [0.1, 0.15) is 18.4 Å². The summed E-state index contributed by atoms with van der Waals surface area (Å²) < 4.78 is 5.40. The quantitative estimate of drug-likeness (QED) is 0.877. The first-order valence-corrected chi connectivity index (χ1v) is 7.73. The number of hydrogen-bond donors (Lipinski definition) is 2. The van der Waals surface area contributed by atoms with Crippen LogP contribution in [0.3, 0.4) is 0 Å². The Bertz CT molecular complexity index is 567. The van der Waals surface area contributed by atoms with Crippen molar-refractivity contribution in [3.05, 3.63) is 29.8 Å². The molecule has 1 saturated heterocycles. The fourth-order valence-corrected chi connectivity index (χ4v) is 2.67. The van der Waals surface area contributed by atoms with Crippen molar-refractivity contribution in [1.29, 1.82) is 0 Å². The van der Waals surface area contributed by atoms with Gasteiger partial charge in [0, 0.05) is 32.4 Å². The molecule has 1 aromatic rings. The number of nitrogens with zero attached hydrogens (tertiary/aromatic N) is 2. The molecule has 1 unspecified atom stereocenters. The van der Waals surface area contributed by atoms with Crippen molar-refractivity contribution in [3.8, 4) is 0 Å². The number of hydrogen-bond acceptors (Lipinski definition) is 5. The summed E-state index contributed by atoms with van der Waals surface area (Å²) in [4.78, 5) is 18.6. The van der Waals surface area contributed by atoms with Gasteiger partial charge in [-0.05, 0) is 30.5 Å². The molecule has 0 saturated carbocycles. The second-order valence-electron chi connectivity index (χ2n) is 5.67. The third-order valence-electron chi connectivity index (χ3n) is 3.93. The Morgan fingerprint density at radius 3 is 3.14 bits per heavy atom. The number of carbonyl (C=O) groups is 1. The minimum Gasteiger partial charge on any atom is -0.368 e. The molecule has 1 aromatic carbocycles. The third kappa shape index (κ3) is 3.57. The first-order chi connectivity index (χ1) is 10.7. The molecule has 22 heavy (non-hydrogen) atoms. The van der Waals surface area contributed by atoms with Gasteiger partial charge in [-0.25, -0.2) is 0 Å². The van der Waals surface area contributed by atoms with E-state index in [9.17, 15) is 4.79 Å². The van der Waals surface area contributed by atoms with E-state index in [4.69, 9.17) is 4.74 Å². The number of amides is 1. The Balaban J connectivity index is 1.56. The van der Waals surface area contributed by atoms with Gasteiger partial charge >= 0.3 is 0 Å². The van der Waals surface area contributed by atoms with Crippen LogP contribution in [0, 0.1) is 0 Å². The summed E-state index contributed by atoms with van der Waals surface area (Å²) in [6.45, 7) is 3.17. The summed E-state index contributed by atoms with van der Waals surface area (Å²) in [6, 6.07) is 7.86. The van der Waals surface area contributed by atoms with Crippen LogP contribution < -0.4 is 10.6 Å². The van der Waals surface area contributed by atoms with E-state index < -0.39 is 0 Å². The Morgan fingerprint density at radius 1 is 1.50 bits per heavy atom. The lowest BCUT2D eigenvalue weighted by Gasteiger charge is -2.16. The number of nitrogens with one attached hydrogen (secondary N) is 2. The molecular weight excluding hydrogens is 280 g/mol. The lowest BCUT2D eigenvalue weighted by atomic mass is 10.2. The molecule has 2 aliphatic heterocycles. The van der Waals surface area contributed by atoms with E-state index in [-0.39, 0.29) is 12.0 Å². The van der Waals surface area contributed by atoms with Crippen LogP contribution in [-0.4, -0.2) is 49.6 Å². The number of aliphatic imine (C=N–C) groups is 1. The molecule has 1 amide bonds. The molecule has 118 valence electrons. The second-order valence-corrected chi connectivity index (χ2v) is 5.67. The van der Waals surface area contributed by atoms with Crippen molar-refractivity contribution in [3.63, 3.8) is 0 Å². The van der Waals surface area contributed by atoms with Crippen molar-refractivity contribution >= 4 is 17.6 Å². The maximum atomic E-state index is 12.1. The van der Waals surface area contributed by atoms with Gasteiger partial charge in [0.15, 0.2) is 5.96 Å². The van der Waals surface area contributed by atoms with Gasteiger partial charge in [-0.15, -0.1) is 0 Å². The molecule has 6 nitrogen and oxygen atoms in total. The van der Waals surface area contributed by atoms with Crippen LogP contribution in [0.5, 0.6) is 0 Å². The summed E-state index contributed by atoms with van der Waals surface area (Å²) in [5, 5.41) is 6.25. The lowest BCUT2D eigenvalue weighted by Crippen LogP contribution is -2.35. The number of guanidine groups is 1. The SMILES string of the molecule is CN1CCN=C1NCc1cccc(NC(=O)C2CCCO2)c1. The first kappa shape index (κ1) is 14.8. The van der Waals surface area contributed by atoms with E-state index in [0.717, 1.165) is 43.1 Å². The second kappa shape index (κ2) is 6.79. The summed E-state index contributed by atoms with van der Waals surface area (Å²) in [6.07, 6.45) is 1.46. The maximum absolute atomic E-state index is 12.1. The van der Waals surface area contributed by atoms with Crippen molar-refractivity contribution in [2.75, 3.05) is 32.1 Å². The average molecular weight is 302 g/mol. The predicted molar refractivity (Wildman–Crippen MR) is 85.8 cm³/mol. The molecular formula is C16H22N4O2. The van der Waals surface area contributed by atoms with Gasteiger partial charge in [0.25, 0.3) is 5.91 Å². The van der Waals surface area contributed by atoms with E-state index in [0.29, 0.717) is 13.2 Å². The highest BCUT2D eigenvalue weighted by Crippen LogP contribution is 2.16. The summed E-state index contributed by atoms with van der Waals surface area (Å²) in [7, 11) is 2.02. The minimum atomic E-state index is -0.303. The van der Waals surface area contributed by atoms with Crippen molar-refractivity contribution in [2.45, 2.75) is 25.5 Å². The molecule has 3 rings (SSSR count). The zero-order chi connectivity index (χ0) is 15.4. The highest BCUT2D eigenvalue weighted by Gasteiger charge is 2.23. The molecule has 2 N–H and O–H groups in total. The van der Waals surface area contributed by atoms with Crippen molar-refractivity contribution in [1.82, 2.24) is 10.2 Å². The van der Waals surface area contributed by atoms with Gasteiger partial charge in [0.1, 0.15) is 6.10 Å². The number of benzene rings is 1. The highest BCUT2D eigenvalue weighted by atomic mass is 16.5. The van der Waals surface area contributed by atoms with Crippen LogP contribution in [0.2, 0.25) is 0 Å². The molecule has 2 heterocycles.